The molecule has 0 unspecified atom stereocenters. The van der Waals surface area contributed by atoms with E-state index in [1.165, 1.54) is 7.05 Å². The fourth-order valence-electron chi connectivity index (χ4n) is 1.19. The number of rotatable bonds is 4. The van der Waals surface area contributed by atoms with Crippen LogP contribution in [0.3, 0.4) is 0 Å². The van der Waals surface area contributed by atoms with E-state index in [1.807, 2.05) is 0 Å². The normalized spacial score (nSPS) is 10.4. The van der Waals surface area contributed by atoms with Crippen molar-refractivity contribution in [2.24, 2.45) is 5.90 Å². The van der Waals surface area contributed by atoms with E-state index in [4.69, 9.17) is 5.90 Å². The number of likely N-dealkylation sites (N-methyl/N-ethyl adjacent to an activating group) is 1. The molecule has 1 rings (SSSR count). The second kappa shape index (κ2) is 5.65. The molecule has 0 bridgehead atoms. The lowest BCUT2D eigenvalue weighted by molar-refractivity contribution is 0.0691. The Morgan fingerprint density at radius 2 is 2.00 bits per heavy atom. The highest BCUT2D eigenvalue weighted by atomic mass is 19.2. The molecular formula is C10H11F3N2O2. The second-order valence-electron chi connectivity index (χ2n) is 3.32. The van der Waals surface area contributed by atoms with Gasteiger partial charge in [0.25, 0.3) is 5.91 Å². The number of amides is 1. The molecule has 17 heavy (non-hydrogen) atoms. The molecule has 0 aliphatic heterocycles. The summed E-state index contributed by atoms with van der Waals surface area (Å²) < 4.78 is 38.8. The Hall–Kier alpha value is -1.60. The summed E-state index contributed by atoms with van der Waals surface area (Å²) in [7, 11) is 1.36. The van der Waals surface area contributed by atoms with Gasteiger partial charge in [-0.1, -0.05) is 0 Å². The zero-order valence-electron chi connectivity index (χ0n) is 9.04. The molecule has 0 saturated heterocycles. The molecule has 4 nitrogen and oxygen atoms in total. The smallest absolute Gasteiger partial charge is 0.256 e. The third kappa shape index (κ3) is 2.95. The lowest BCUT2D eigenvalue weighted by atomic mass is 10.1. The Labute approximate surface area is 95.7 Å². The van der Waals surface area contributed by atoms with Gasteiger partial charge in [0.05, 0.1) is 12.2 Å². The molecule has 0 atom stereocenters. The van der Waals surface area contributed by atoms with Gasteiger partial charge in [0, 0.05) is 13.6 Å². The van der Waals surface area contributed by atoms with Crippen LogP contribution in [0.5, 0.6) is 0 Å². The third-order valence-electron chi connectivity index (χ3n) is 2.16. The van der Waals surface area contributed by atoms with E-state index in [0.717, 1.165) is 11.0 Å². The molecule has 7 heteroatoms. The maximum Gasteiger partial charge on any atom is 0.256 e. The van der Waals surface area contributed by atoms with Crippen molar-refractivity contribution in [3.63, 3.8) is 0 Å². The van der Waals surface area contributed by atoms with Crippen molar-refractivity contribution in [1.82, 2.24) is 4.90 Å². The molecule has 0 spiro atoms. The number of nitrogens with two attached hydrogens (primary N) is 1. The van der Waals surface area contributed by atoms with Gasteiger partial charge < -0.3 is 9.74 Å². The van der Waals surface area contributed by atoms with Crippen LogP contribution < -0.4 is 5.90 Å². The molecule has 0 radical (unpaired) electrons. The molecule has 1 aromatic carbocycles. The van der Waals surface area contributed by atoms with Crippen LogP contribution >= 0.6 is 0 Å². The van der Waals surface area contributed by atoms with E-state index in [1.54, 1.807) is 0 Å². The highest BCUT2D eigenvalue weighted by Crippen LogP contribution is 2.16. The Morgan fingerprint density at radius 1 is 1.35 bits per heavy atom. The van der Waals surface area contributed by atoms with Crippen molar-refractivity contribution in [2.75, 3.05) is 20.2 Å². The summed E-state index contributed by atoms with van der Waals surface area (Å²) in [5, 5.41) is 0. The fourth-order valence-corrected chi connectivity index (χ4v) is 1.19. The topological polar surface area (TPSA) is 55.6 Å². The Kier molecular flexibility index (Phi) is 4.47. The monoisotopic (exact) mass is 248 g/mol. The standard InChI is InChI=1S/C10H11F3N2O2/c1-15(4-5-17-14)10(16)6-2-3-7(11)9(13)8(6)12/h2-3H,4-5,14H2,1H3. The molecule has 0 aromatic heterocycles. The average molecular weight is 248 g/mol. The van der Waals surface area contributed by atoms with Crippen LogP contribution in [0.2, 0.25) is 0 Å². The number of hydrogen-bond acceptors (Lipinski definition) is 3. The van der Waals surface area contributed by atoms with Crippen LogP contribution in [0.1, 0.15) is 10.4 Å². The minimum atomic E-state index is -1.67. The minimum Gasteiger partial charge on any atom is -0.339 e. The number of nitrogens with zero attached hydrogens (tertiary/aromatic N) is 1. The first-order valence-electron chi connectivity index (χ1n) is 4.69. The fraction of sp³-hybridized carbons (Fsp3) is 0.300. The van der Waals surface area contributed by atoms with Crippen molar-refractivity contribution in [2.45, 2.75) is 0 Å². The number of carbonyl (C=O) groups is 1. The number of benzene rings is 1. The van der Waals surface area contributed by atoms with Crippen LogP contribution in [0, 0.1) is 17.5 Å². The summed E-state index contributed by atoms with van der Waals surface area (Å²) in [4.78, 5) is 17.0. The van der Waals surface area contributed by atoms with Crippen molar-refractivity contribution < 1.29 is 22.8 Å². The Bertz CT molecular complexity index is 426. The van der Waals surface area contributed by atoms with E-state index in [-0.39, 0.29) is 13.2 Å². The first-order chi connectivity index (χ1) is 7.99. The Balaban J connectivity index is 2.93. The predicted octanol–water partition coefficient (Wildman–Crippen LogP) is 1.07. The first-order valence-corrected chi connectivity index (χ1v) is 4.69. The van der Waals surface area contributed by atoms with Gasteiger partial charge in [-0.05, 0) is 12.1 Å². The van der Waals surface area contributed by atoms with Gasteiger partial charge in [0.15, 0.2) is 17.5 Å². The van der Waals surface area contributed by atoms with Crippen molar-refractivity contribution in [3.8, 4) is 0 Å². The van der Waals surface area contributed by atoms with Crippen LogP contribution in [0.15, 0.2) is 12.1 Å². The van der Waals surface area contributed by atoms with Crippen LogP contribution in [0.25, 0.3) is 0 Å². The molecule has 2 N–H and O–H groups in total. The van der Waals surface area contributed by atoms with Crippen molar-refractivity contribution in [3.05, 3.63) is 35.1 Å². The molecule has 0 aliphatic carbocycles. The highest BCUT2D eigenvalue weighted by Gasteiger charge is 2.21. The summed E-state index contributed by atoms with van der Waals surface area (Å²) in [6.45, 7) is 0.154. The van der Waals surface area contributed by atoms with E-state index in [0.29, 0.717) is 6.07 Å². The molecule has 0 fully saturated rings. The van der Waals surface area contributed by atoms with E-state index >= 15 is 0 Å². The van der Waals surface area contributed by atoms with Crippen LogP contribution in [-0.2, 0) is 4.84 Å². The largest absolute Gasteiger partial charge is 0.339 e. The quantitative estimate of drug-likeness (QED) is 0.640. The summed E-state index contributed by atoms with van der Waals surface area (Å²) in [5.41, 5.74) is -0.538. The summed E-state index contributed by atoms with van der Waals surface area (Å²) in [5.74, 6) is -0.524. The molecule has 0 saturated carbocycles. The van der Waals surface area contributed by atoms with E-state index in [2.05, 4.69) is 4.84 Å². The van der Waals surface area contributed by atoms with Gasteiger partial charge >= 0.3 is 0 Å². The van der Waals surface area contributed by atoms with Gasteiger partial charge in [0.1, 0.15) is 0 Å². The van der Waals surface area contributed by atoms with E-state index < -0.39 is 28.9 Å². The maximum absolute atomic E-state index is 13.3. The maximum atomic E-state index is 13.3. The van der Waals surface area contributed by atoms with Gasteiger partial charge in [-0.25, -0.2) is 19.1 Å². The zero-order chi connectivity index (χ0) is 13.0. The molecule has 1 aromatic rings. The minimum absolute atomic E-state index is 0.0491. The number of carbonyl (C=O) groups excluding carboxylic acids is 1. The first kappa shape index (κ1) is 13.5. The van der Waals surface area contributed by atoms with Crippen molar-refractivity contribution in [1.29, 1.82) is 0 Å². The van der Waals surface area contributed by atoms with Crippen LogP contribution in [0.4, 0.5) is 13.2 Å². The zero-order valence-corrected chi connectivity index (χ0v) is 9.04. The van der Waals surface area contributed by atoms with Crippen molar-refractivity contribution >= 4 is 5.91 Å². The molecule has 1 amide bonds. The highest BCUT2D eigenvalue weighted by molar-refractivity contribution is 5.94. The number of halogens is 3. The lowest BCUT2D eigenvalue weighted by Gasteiger charge is -2.16. The lowest BCUT2D eigenvalue weighted by Crippen LogP contribution is -2.31. The van der Waals surface area contributed by atoms with Crippen LogP contribution in [-0.4, -0.2) is 31.0 Å². The van der Waals surface area contributed by atoms with Gasteiger partial charge in [-0.3, -0.25) is 4.79 Å². The van der Waals surface area contributed by atoms with Gasteiger partial charge in [-0.15, -0.1) is 0 Å². The molecule has 94 valence electrons. The summed E-state index contributed by atoms with van der Waals surface area (Å²) in [6, 6.07) is 1.58. The SMILES string of the molecule is CN(CCON)C(=O)c1ccc(F)c(F)c1F. The van der Waals surface area contributed by atoms with E-state index in [9.17, 15) is 18.0 Å². The summed E-state index contributed by atoms with van der Waals surface area (Å²) >= 11 is 0. The Morgan fingerprint density at radius 3 is 2.59 bits per heavy atom. The predicted molar refractivity (Wildman–Crippen MR) is 53.4 cm³/mol. The number of hydrogen-bond donors (Lipinski definition) is 1. The average Bonchev–Trinajstić information content (AvgIpc) is 2.32. The second-order valence-corrected chi connectivity index (χ2v) is 3.32. The van der Waals surface area contributed by atoms with Gasteiger partial charge in [0.2, 0.25) is 0 Å². The third-order valence-corrected chi connectivity index (χ3v) is 2.16. The van der Waals surface area contributed by atoms with Gasteiger partial charge in [-0.2, -0.15) is 0 Å². The summed E-state index contributed by atoms with van der Waals surface area (Å²) in [6.07, 6.45) is 0. The molecule has 0 aliphatic rings. The molecular weight excluding hydrogens is 237 g/mol. The molecule has 0 heterocycles.